The number of ether oxygens (including phenoxy) is 1. The number of hydrogen-bond acceptors (Lipinski definition) is 6. The number of aliphatic hydroxyl groups excluding tert-OH is 1. The summed E-state index contributed by atoms with van der Waals surface area (Å²) in [7, 11) is 0. The third-order valence-corrected chi connectivity index (χ3v) is 5.63. The van der Waals surface area contributed by atoms with Gasteiger partial charge in [0.2, 0.25) is 0 Å². The van der Waals surface area contributed by atoms with Gasteiger partial charge in [0.1, 0.15) is 6.10 Å². The highest BCUT2D eigenvalue weighted by molar-refractivity contribution is 5.86. The third-order valence-electron chi connectivity index (χ3n) is 5.63. The van der Waals surface area contributed by atoms with E-state index in [1.165, 1.54) is 5.06 Å². The van der Waals surface area contributed by atoms with Crippen LogP contribution in [0.4, 0.5) is 10.5 Å². The Hall–Kier alpha value is -3.20. The fraction of sp³-hybridized carbons (Fsp3) is 0.333. The molecule has 0 bridgehead atoms. The molecular formula is C24H28N4O4. The first-order valence-electron chi connectivity index (χ1n) is 10.8. The third kappa shape index (κ3) is 5.34. The predicted octanol–water partition coefficient (Wildman–Crippen LogP) is 3.95. The Kier molecular flexibility index (Phi) is 7.16. The Labute approximate surface area is 186 Å². The minimum absolute atomic E-state index is 0.151. The van der Waals surface area contributed by atoms with E-state index in [9.17, 15) is 9.90 Å². The molecule has 0 spiro atoms. The number of nitrogens with two attached hydrogens (primary N) is 1. The number of nitrogens with one attached hydrogen (secondary N) is 1. The summed E-state index contributed by atoms with van der Waals surface area (Å²) < 4.78 is 5.74. The van der Waals surface area contributed by atoms with Crippen LogP contribution >= 0.6 is 0 Å². The summed E-state index contributed by atoms with van der Waals surface area (Å²) in [6.07, 6.45) is 4.42. The predicted molar refractivity (Wildman–Crippen MR) is 121 cm³/mol. The lowest BCUT2D eigenvalue weighted by molar-refractivity contribution is -0.0214. The molecule has 8 nitrogen and oxygen atoms in total. The molecule has 32 heavy (non-hydrogen) atoms. The van der Waals surface area contributed by atoms with Gasteiger partial charge in [0.05, 0.1) is 24.1 Å². The van der Waals surface area contributed by atoms with Crippen molar-refractivity contribution in [1.29, 1.82) is 0 Å². The van der Waals surface area contributed by atoms with Crippen molar-refractivity contribution in [3.63, 3.8) is 0 Å². The topological polar surface area (TPSA) is 114 Å². The van der Waals surface area contributed by atoms with Gasteiger partial charge in [0.25, 0.3) is 0 Å². The molecule has 4 rings (SSSR count). The van der Waals surface area contributed by atoms with E-state index in [1.807, 2.05) is 42.5 Å². The summed E-state index contributed by atoms with van der Waals surface area (Å²) in [5, 5.41) is 17.8. The molecule has 168 valence electrons. The fourth-order valence-corrected chi connectivity index (χ4v) is 3.80. The van der Waals surface area contributed by atoms with E-state index >= 15 is 0 Å². The van der Waals surface area contributed by atoms with Crippen LogP contribution in [0.25, 0.3) is 11.1 Å². The molecule has 0 aliphatic heterocycles. The Morgan fingerprint density at radius 2 is 1.81 bits per heavy atom. The molecule has 4 N–H and O–H groups in total. The number of hydroxylamine groups is 1. The van der Waals surface area contributed by atoms with Crippen molar-refractivity contribution < 1.29 is 19.5 Å². The molecule has 1 fully saturated rings. The number of hydrogen-bond donors (Lipinski definition) is 3. The summed E-state index contributed by atoms with van der Waals surface area (Å²) in [4.78, 5) is 19.3. The number of aliphatic hydroxyl groups is 1. The highest BCUT2D eigenvalue weighted by Crippen LogP contribution is 2.28. The van der Waals surface area contributed by atoms with Crippen LogP contribution in [-0.4, -0.2) is 40.1 Å². The Morgan fingerprint density at radius 1 is 1.09 bits per heavy atom. The summed E-state index contributed by atoms with van der Waals surface area (Å²) >= 11 is 0. The van der Waals surface area contributed by atoms with Crippen LogP contribution < -0.4 is 10.8 Å². The highest BCUT2D eigenvalue weighted by atomic mass is 16.7. The summed E-state index contributed by atoms with van der Waals surface area (Å²) in [5.74, 6) is 0. The number of aromatic amines is 1. The van der Waals surface area contributed by atoms with Crippen LogP contribution in [-0.2, 0) is 9.57 Å². The molecule has 8 heteroatoms. The zero-order valence-corrected chi connectivity index (χ0v) is 17.8. The first-order valence-corrected chi connectivity index (χ1v) is 10.8. The molecule has 1 aromatic heterocycles. The van der Waals surface area contributed by atoms with Gasteiger partial charge in [-0.25, -0.2) is 4.79 Å². The van der Waals surface area contributed by atoms with E-state index in [-0.39, 0.29) is 18.8 Å². The number of amides is 1. The summed E-state index contributed by atoms with van der Waals surface area (Å²) in [6, 6.07) is 16.8. The van der Waals surface area contributed by atoms with E-state index in [1.54, 1.807) is 24.5 Å². The zero-order chi connectivity index (χ0) is 22.3. The number of nitrogens with zero attached hydrogens (tertiary/aromatic N) is 2. The van der Waals surface area contributed by atoms with E-state index in [2.05, 4.69) is 10.2 Å². The average Bonchev–Trinajstić information content (AvgIpc) is 3.38. The molecule has 1 atom stereocenters. The van der Waals surface area contributed by atoms with Crippen LogP contribution in [0.2, 0.25) is 0 Å². The number of rotatable bonds is 7. The van der Waals surface area contributed by atoms with Gasteiger partial charge in [-0.2, -0.15) is 10.2 Å². The Morgan fingerprint density at radius 3 is 2.44 bits per heavy atom. The van der Waals surface area contributed by atoms with Crippen molar-refractivity contribution in [1.82, 2.24) is 10.2 Å². The number of anilines is 1. The Bertz CT molecular complexity index is 971. The van der Waals surface area contributed by atoms with Crippen LogP contribution in [0, 0.1) is 0 Å². The van der Waals surface area contributed by atoms with Crippen molar-refractivity contribution in [2.24, 2.45) is 5.73 Å². The first kappa shape index (κ1) is 22.0. The number of H-pyrrole nitrogens is 1. The van der Waals surface area contributed by atoms with Crippen molar-refractivity contribution in [3.8, 4) is 11.1 Å². The second kappa shape index (κ2) is 10.4. The standard InChI is InChI=1S/C24H28N4O4/c25-14-23(18-4-2-1-3-5-18)31-24(30)28(32-22-12-10-21(29)11-13-22)20-8-6-17(7-9-20)19-15-26-27-16-19/h1-9,15-16,21-23,29H,10-14,25H2,(H,26,27). The molecule has 1 amide bonds. The van der Waals surface area contributed by atoms with Gasteiger partial charge in [-0.1, -0.05) is 42.5 Å². The highest BCUT2D eigenvalue weighted by Gasteiger charge is 2.29. The molecule has 0 saturated heterocycles. The van der Waals surface area contributed by atoms with Crippen molar-refractivity contribution in [3.05, 3.63) is 72.6 Å². The molecule has 3 aromatic rings. The molecule has 2 aromatic carbocycles. The lowest BCUT2D eigenvalue weighted by atomic mass is 9.95. The number of carbonyl (C=O) groups excluding carboxylic acids is 1. The quantitative estimate of drug-likeness (QED) is 0.483. The van der Waals surface area contributed by atoms with Crippen LogP contribution in [0.3, 0.4) is 0 Å². The maximum absolute atomic E-state index is 13.2. The second-order valence-electron chi connectivity index (χ2n) is 7.88. The Balaban J connectivity index is 1.54. The number of aromatic nitrogens is 2. The normalized spacial score (nSPS) is 19.3. The maximum Gasteiger partial charge on any atom is 0.439 e. The molecular weight excluding hydrogens is 408 g/mol. The van der Waals surface area contributed by atoms with Crippen LogP contribution in [0.15, 0.2) is 67.0 Å². The van der Waals surface area contributed by atoms with Gasteiger partial charge in [-0.05, 0) is 48.9 Å². The lowest BCUT2D eigenvalue weighted by Gasteiger charge is -2.31. The van der Waals surface area contributed by atoms with E-state index < -0.39 is 12.2 Å². The van der Waals surface area contributed by atoms with Gasteiger partial charge in [-0.15, -0.1) is 0 Å². The SMILES string of the molecule is NCC(OC(=O)N(OC1CCC(O)CC1)c1ccc(-c2cn[nH]c2)cc1)c1ccccc1. The first-order chi connectivity index (χ1) is 15.6. The smallest absolute Gasteiger partial charge is 0.438 e. The minimum Gasteiger partial charge on any atom is -0.438 e. The lowest BCUT2D eigenvalue weighted by Crippen LogP contribution is -2.39. The number of benzene rings is 2. The molecule has 0 radical (unpaired) electrons. The molecule has 1 aliphatic rings. The molecule has 1 aliphatic carbocycles. The van der Waals surface area contributed by atoms with E-state index in [4.69, 9.17) is 15.3 Å². The molecule has 1 heterocycles. The monoisotopic (exact) mass is 436 g/mol. The van der Waals surface area contributed by atoms with Crippen molar-refractivity contribution in [2.45, 2.75) is 44.0 Å². The van der Waals surface area contributed by atoms with Crippen molar-refractivity contribution >= 4 is 11.8 Å². The largest absolute Gasteiger partial charge is 0.439 e. The van der Waals surface area contributed by atoms with Crippen molar-refractivity contribution in [2.75, 3.05) is 11.6 Å². The van der Waals surface area contributed by atoms with Gasteiger partial charge in [0.15, 0.2) is 0 Å². The molecule has 1 unspecified atom stereocenters. The van der Waals surface area contributed by atoms with E-state index in [0.29, 0.717) is 31.4 Å². The minimum atomic E-state index is -0.633. The fourth-order valence-electron chi connectivity index (χ4n) is 3.80. The van der Waals surface area contributed by atoms with Gasteiger partial charge in [0, 0.05) is 18.3 Å². The summed E-state index contributed by atoms with van der Waals surface area (Å²) in [5.41, 5.74) is 9.17. The molecule has 1 saturated carbocycles. The summed E-state index contributed by atoms with van der Waals surface area (Å²) in [6.45, 7) is 0.151. The number of carbonyl (C=O) groups is 1. The van der Waals surface area contributed by atoms with Gasteiger partial charge in [-0.3, -0.25) is 9.94 Å². The van der Waals surface area contributed by atoms with Gasteiger partial charge >= 0.3 is 6.09 Å². The van der Waals surface area contributed by atoms with Crippen LogP contribution in [0.5, 0.6) is 0 Å². The van der Waals surface area contributed by atoms with Crippen LogP contribution in [0.1, 0.15) is 37.4 Å². The van der Waals surface area contributed by atoms with Gasteiger partial charge < -0.3 is 15.6 Å². The zero-order valence-electron chi connectivity index (χ0n) is 17.8. The van der Waals surface area contributed by atoms with E-state index in [0.717, 1.165) is 16.7 Å². The maximum atomic E-state index is 13.2. The average molecular weight is 437 g/mol. The second-order valence-corrected chi connectivity index (χ2v) is 7.88.